The molecule has 262 valence electrons. The van der Waals surface area contributed by atoms with E-state index in [1.165, 1.54) is 0 Å². The highest BCUT2D eigenvalue weighted by Gasteiger charge is 2.16. The molecule has 0 aliphatic heterocycles. The SMILES string of the molecule is [2H]c1cc2c(-c3c([2H])c([2H])c([2H])c(-c4c([2H])c([2H])c([2H])c([2H])c4[2H])c3[2H])c([2H])c(-c3nc(-c4c([2H])c([2H])c([2H])c(-c5c([2H])c([2H])c([2H])c([2H])c5[2H])c4[2H])nc(-c4c([2H])c([2H])c5c([2H])c(-c6c([2H])c([2H])c([2H])c([2H])c6[2H])c([2H])c([2H])c5c4[2H])n3)c([2H])c2c([2H])c1[2H]. The molecule has 0 saturated carbocycles. The van der Waals surface area contributed by atoms with Gasteiger partial charge in [0.25, 0.3) is 0 Å². The summed E-state index contributed by atoms with van der Waals surface area (Å²) in [5.74, 6) is -3.18. The molecule has 0 spiro atoms. The maximum absolute atomic E-state index is 10.0. The Bertz CT molecular complexity index is 4920. The third-order valence-corrected chi connectivity index (χ3v) is 7.95. The van der Waals surface area contributed by atoms with Gasteiger partial charge >= 0.3 is 0 Å². The summed E-state index contributed by atoms with van der Waals surface area (Å²) in [6, 6.07) is -32.9. The van der Waals surface area contributed by atoms with E-state index >= 15 is 0 Å². The second-order valence-electron chi connectivity index (χ2n) is 11.4. The van der Waals surface area contributed by atoms with Crippen LogP contribution in [-0.4, -0.2) is 15.0 Å². The molecule has 10 rings (SSSR count). The molecular weight excluding hydrogens is 679 g/mol. The quantitative estimate of drug-likeness (QED) is 0.163. The Morgan fingerprint density at radius 3 is 1.29 bits per heavy atom. The lowest BCUT2D eigenvalue weighted by molar-refractivity contribution is 1.08. The van der Waals surface area contributed by atoms with Crippen LogP contribution in [0, 0.1) is 0 Å². The lowest BCUT2D eigenvalue weighted by Crippen LogP contribution is -2.01. The highest BCUT2D eigenvalue weighted by molar-refractivity contribution is 6.00. The average Bonchev–Trinajstić information content (AvgIpc) is 0.729. The first kappa shape index (κ1) is 13.1. The lowest BCUT2D eigenvalue weighted by Gasteiger charge is -2.14. The van der Waals surface area contributed by atoms with Gasteiger partial charge in [0.1, 0.15) is 0 Å². The molecule has 56 heavy (non-hydrogen) atoms. The van der Waals surface area contributed by atoms with Crippen molar-refractivity contribution in [2.45, 2.75) is 0 Å². The van der Waals surface area contributed by atoms with Gasteiger partial charge in [-0.15, -0.1) is 0 Å². The molecular formula is C53H35N3. The molecule has 3 heteroatoms. The van der Waals surface area contributed by atoms with Crippen LogP contribution < -0.4 is 0 Å². The molecule has 10 aromatic rings. The van der Waals surface area contributed by atoms with Gasteiger partial charge in [-0.3, -0.25) is 0 Å². The standard InChI is InChI=1S/C53H35N3/c1-4-14-36(15-5-1)39-21-12-23-45(31-39)50-35-48(34-44-20-10-11-25-49(44)50)53-55-51(46-24-13-22-40(32-46)37-16-6-2-7-17-37)54-52(56-53)47-29-28-42-30-41(26-27-43(42)33-47)38-18-8-3-9-19-38/h1-35H/i1D,2D,3D,4D,5D,6D,7D,8D,9D,10D,11D,12D,13D,14D,15D,16D,17D,18D,19D,20D,21D,22D,23D,24D,26D,27D,28D,29D,30D,31D,32D,33D,34D,35D. The van der Waals surface area contributed by atoms with Gasteiger partial charge < -0.3 is 0 Å². The van der Waals surface area contributed by atoms with Crippen molar-refractivity contribution in [3.63, 3.8) is 0 Å². The van der Waals surface area contributed by atoms with Crippen LogP contribution in [0.15, 0.2) is 212 Å². The zero-order valence-corrected chi connectivity index (χ0v) is 27.9. The monoisotopic (exact) mass is 747 g/mol. The molecule has 0 aliphatic carbocycles. The highest BCUT2D eigenvalue weighted by Crippen LogP contribution is 2.37. The fourth-order valence-corrected chi connectivity index (χ4v) is 5.42. The first-order valence-electron chi connectivity index (χ1n) is 33.2. The molecule has 0 atom stereocenters. The van der Waals surface area contributed by atoms with E-state index in [2.05, 4.69) is 15.0 Å². The predicted molar refractivity (Wildman–Crippen MR) is 233 cm³/mol. The minimum absolute atomic E-state index is 0.547. The summed E-state index contributed by atoms with van der Waals surface area (Å²) in [6.07, 6.45) is 0. The fourth-order valence-electron chi connectivity index (χ4n) is 5.42. The Hall–Kier alpha value is -7.49. The van der Waals surface area contributed by atoms with E-state index < -0.39 is 306 Å². The topological polar surface area (TPSA) is 38.7 Å². The summed E-state index contributed by atoms with van der Waals surface area (Å²) in [7, 11) is 0. The maximum Gasteiger partial charge on any atom is 0.164 e. The van der Waals surface area contributed by atoms with Crippen LogP contribution in [0.2, 0.25) is 0 Å². The normalized spacial score (nSPS) is 19.7. The zero-order chi connectivity index (χ0) is 66.9. The van der Waals surface area contributed by atoms with Gasteiger partial charge in [-0.25, -0.2) is 15.0 Å². The van der Waals surface area contributed by atoms with Gasteiger partial charge in [0, 0.05) is 16.7 Å². The number of aromatic nitrogens is 3. The van der Waals surface area contributed by atoms with Crippen LogP contribution in [-0.2, 0) is 0 Å². The van der Waals surface area contributed by atoms with Crippen molar-refractivity contribution >= 4 is 21.5 Å². The van der Waals surface area contributed by atoms with Crippen LogP contribution in [0.5, 0.6) is 0 Å². The van der Waals surface area contributed by atoms with E-state index in [0.29, 0.717) is 0 Å². The lowest BCUT2D eigenvalue weighted by atomic mass is 9.93. The van der Waals surface area contributed by atoms with E-state index in [4.69, 9.17) is 30.2 Å². The number of rotatable bonds is 7. The molecule has 0 unspecified atom stereocenters. The summed E-state index contributed by atoms with van der Waals surface area (Å²) < 4.78 is 303. The van der Waals surface area contributed by atoms with Crippen molar-refractivity contribution in [2.24, 2.45) is 0 Å². The summed E-state index contributed by atoms with van der Waals surface area (Å²) in [4.78, 5) is 13.2. The molecule has 3 nitrogen and oxygen atoms in total. The van der Waals surface area contributed by atoms with E-state index in [1.807, 2.05) is 0 Å². The molecule has 1 aromatic heterocycles. The van der Waals surface area contributed by atoms with Crippen molar-refractivity contribution in [1.82, 2.24) is 15.0 Å². The Balaban J connectivity index is 1.41. The second-order valence-corrected chi connectivity index (χ2v) is 11.4. The minimum atomic E-state index is -1.13. The van der Waals surface area contributed by atoms with Gasteiger partial charge in [-0.05, 0) is 102 Å². The molecule has 1 heterocycles. The number of nitrogens with zero attached hydrogens (tertiary/aromatic N) is 3. The fraction of sp³-hybridized carbons (Fsp3) is 0. The zero-order valence-electron chi connectivity index (χ0n) is 61.9. The Morgan fingerprint density at radius 2 is 0.679 bits per heavy atom. The van der Waals surface area contributed by atoms with Gasteiger partial charge in [0.2, 0.25) is 0 Å². The molecule has 0 amide bonds. The van der Waals surface area contributed by atoms with Crippen molar-refractivity contribution in [1.29, 1.82) is 0 Å². The first-order valence-corrected chi connectivity index (χ1v) is 16.2. The summed E-state index contributed by atoms with van der Waals surface area (Å²) in [5, 5.41) is -2.82. The molecule has 0 aliphatic rings. The predicted octanol–water partition coefficient (Wildman–Crippen LogP) is 13.8. The molecule has 0 N–H and O–H groups in total. The summed E-state index contributed by atoms with van der Waals surface area (Å²) in [5.41, 5.74) is -9.48. The second kappa shape index (κ2) is 14.4. The van der Waals surface area contributed by atoms with Crippen LogP contribution in [0.1, 0.15) is 46.6 Å². The van der Waals surface area contributed by atoms with Gasteiger partial charge in [0.05, 0.1) is 46.6 Å². The van der Waals surface area contributed by atoms with E-state index in [-0.39, 0.29) is 0 Å². The highest BCUT2D eigenvalue weighted by atomic mass is 15.0. The van der Waals surface area contributed by atoms with Crippen molar-refractivity contribution in [3.8, 4) is 78.7 Å². The maximum atomic E-state index is 10.0. The number of fused-ring (bicyclic) bond motifs is 2. The van der Waals surface area contributed by atoms with Crippen LogP contribution >= 0.6 is 0 Å². The van der Waals surface area contributed by atoms with E-state index in [9.17, 15) is 16.4 Å². The van der Waals surface area contributed by atoms with Gasteiger partial charge in [0.15, 0.2) is 17.5 Å². The summed E-state index contributed by atoms with van der Waals surface area (Å²) in [6.45, 7) is 0. The molecule has 0 bridgehead atoms. The Labute approximate surface area is 374 Å². The Morgan fingerprint density at radius 1 is 0.268 bits per heavy atom. The van der Waals surface area contributed by atoms with Gasteiger partial charge in [-0.2, -0.15) is 0 Å². The van der Waals surface area contributed by atoms with E-state index in [0.717, 1.165) is 6.07 Å². The summed E-state index contributed by atoms with van der Waals surface area (Å²) >= 11 is 0. The van der Waals surface area contributed by atoms with Crippen LogP contribution in [0.25, 0.3) is 100 Å². The first-order chi connectivity index (χ1) is 41.9. The van der Waals surface area contributed by atoms with E-state index in [1.54, 1.807) is 0 Å². The third kappa shape index (κ3) is 6.52. The number of benzene rings is 9. The van der Waals surface area contributed by atoms with Crippen molar-refractivity contribution < 1.29 is 46.6 Å². The van der Waals surface area contributed by atoms with Crippen LogP contribution in [0.3, 0.4) is 0 Å². The molecule has 0 radical (unpaired) electrons. The van der Waals surface area contributed by atoms with Crippen LogP contribution in [0.4, 0.5) is 0 Å². The minimum Gasteiger partial charge on any atom is -0.208 e. The molecule has 9 aromatic carbocycles. The molecule has 0 saturated heterocycles. The number of hydrogen-bond acceptors (Lipinski definition) is 3. The van der Waals surface area contributed by atoms with Crippen molar-refractivity contribution in [3.05, 3.63) is 212 Å². The van der Waals surface area contributed by atoms with Gasteiger partial charge in [-0.1, -0.05) is 175 Å². The third-order valence-electron chi connectivity index (χ3n) is 7.95. The Kier molecular flexibility index (Phi) is 3.36. The largest absolute Gasteiger partial charge is 0.208 e. The molecule has 0 fully saturated rings. The smallest absolute Gasteiger partial charge is 0.164 e. The van der Waals surface area contributed by atoms with Crippen molar-refractivity contribution in [2.75, 3.05) is 0 Å². The number of hydrogen-bond donors (Lipinski definition) is 0. The average molecular weight is 748 g/mol.